The van der Waals surface area contributed by atoms with Gasteiger partial charge in [-0.25, -0.2) is 4.79 Å². The van der Waals surface area contributed by atoms with Crippen molar-refractivity contribution in [3.8, 4) is 0 Å². The molecule has 2 heterocycles. The molecule has 1 aliphatic heterocycles. The number of imide groups is 1. The first-order valence-electron chi connectivity index (χ1n) is 10.0. The average molecular weight is 404 g/mol. The molecule has 1 aromatic heterocycles. The summed E-state index contributed by atoms with van der Waals surface area (Å²) < 4.78 is 0. The highest BCUT2D eigenvalue weighted by Crippen LogP contribution is 2.21. The first-order valence-corrected chi connectivity index (χ1v) is 10.0. The van der Waals surface area contributed by atoms with Crippen molar-refractivity contribution in [1.82, 2.24) is 20.5 Å². The summed E-state index contributed by atoms with van der Waals surface area (Å²) in [4.78, 5) is 41.5. The minimum atomic E-state index is -0.673. The second-order valence-electron chi connectivity index (χ2n) is 7.61. The molecule has 0 spiro atoms. The van der Waals surface area contributed by atoms with Crippen LogP contribution in [0, 0.1) is 0 Å². The van der Waals surface area contributed by atoms with Crippen LogP contribution in [0.5, 0.6) is 0 Å². The van der Waals surface area contributed by atoms with Gasteiger partial charge in [-0.15, -0.1) is 0 Å². The van der Waals surface area contributed by atoms with Crippen molar-refractivity contribution in [2.45, 2.75) is 25.3 Å². The van der Waals surface area contributed by atoms with Gasteiger partial charge in [-0.05, 0) is 23.1 Å². The lowest BCUT2D eigenvalue weighted by Gasteiger charge is -2.16. The molecule has 7 nitrogen and oxygen atoms in total. The molecule has 2 atom stereocenters. The van der Waals surface area contributed by atoms with Crippen LogP contribution in [0.25, 0.3) is 10.9 Å². The number of nitrogens with one attached hydrogen (secondary N) is 3. The van der Waals surface area contributed by atoms with E-state index < -0.39 is 12.1 Å². The van der Waals surface area contributed by atoms with Crippen LogP contribution in [-0.4, -0.2) is 46.9 Å². The van der Waals surface area contributed by atoms with Crippen LogP contribution < -0.4 is 10.6 Å². The summed E-state index contributed by atoms with van der Waals surface area (Å²) in [5, 5.41) is 6.53. The quantitative estimate of drug-likeness (QED) is 0.528. The van der Waals surface area contributed by atoms with Gasteiger partial charge in [0, 0.05) is 30.1 Å². The summed E-state index contributed by atoms with van der Waals surface area (Å²) in [6.07, 6.45) is 2.22. The molecule has 3 aromatic rings. The van der Waals surface area contributed by atoms with Gasteiger partial charge >= 0.3 is 6.03 Å². The lowest BCUT2D eigenvalue weighted by Crippen LogP contribution is -2.42. The number of H-pyrrole nitrogens is 1. The maximum Gasteiger partial charge on any atom is 0.325 e. The van der Waals surface area contributed by atoms with Crippen molar-refractivity contribution in [2.24, 2.45) is 0 Å². The molecule has 1 aliphatic rings. The SMILES string of the molecule is CC(CNC(=O)CN1C(=O)NC(Cc2c[nH]c3ccccc23)C1=O)c1ccccc1. The van der Waals surface area contributed by atoms with E-state index in [0.717, 1.165) is 26.9 Å². The van der Waals surface area contributed by atoms with E-state index in [-0.39, 0.29) is 24.3 Å². The first kappa shape index (κ1) is 19.7. The van der Waals surface area contributed by atoms with E-state index in [0.29, 0.717) is 13.0 Å². The van der Waals surface area contributed by atoms with Crippen molar-refractivity contribution in [2.75, 3.05) is 13.1 Å². The Morgan fingerprint density at radius 3 is 2.63 bits per heavy atom. The first-order chi connectivity index (χ1) is 14.5. The summed E-state index contributed by atoms with van der Waals surface area (Å²) >= 11 is 0. The van der Waals surface area contributed by atoms with Crippen LogP contribution in [0.1, 0.15) is 24.0 Å². The van der Waals surface area contributed by atoms with Gasteiger partial charge in [0.05, 0.1) is 0 Å². The molecule has 4 rings (SSSR count). The molecule has 154 valence electrons. The topological polar surface area (TPSA) is 94.3 Å². The zero-order valence-electron chi connectivity index (χ0n) is 16.7. The summed E-state index contributed by atoms with van der Waals surface area (Å²) in [5.41, 5.74) is 3.05. The smallest absolute Gasteiger partial charge is 0.325 e. The Morgan fingerprint density at radius 2 is 1.83 bits per heavy atom. The molecule has 3 N–H and O–H groups in total. The minimum absolute atomic E-state index is 0.132. The number of benzene rings is 2. The second kappa shape index (κ2) is 8.41. The van der Waals surface area contributed by atoms with Crippen LogP contribution in [0.3, 0.4) is 0 Å². The molecule has 1 fully saturated rings. The molecule has 0 radical (unpaired) electrons. The van der Waals surface area contributed by atoms with E-state index in [4.69, 9.17) is 0 Å². The van der Waals surface area contributed by atoms with Crippen LogP contribution in [-0.2, 0) is 16.0 Å². The number of amides is 4. The van der Waals surface area contributed by atoms with Crippen molar-refractivity contribution in [3.63, 3.8) is 0 Å². The molecular formula is C23H24N4O3. The van der Waals surface area contributed by atoms with E-state index in [1.807, 2.05) is 67.7 Å². The maximum absolute atomic E-state index is 12.7. The Morgan fingerprint density at radius 1 is 1.10 bits per heavy atom. The van der Waals surface area contributed by atoms with Gasteiger partial charge in [-0.1, -0.05) is 55.5 Å². The molecule has 2 aromatic carbocycles. The third-order valence-electron chi connectivity index (χ3n) is 5.48. The fourth-order valence-corrected chi connectivity index (χ4v) is 3.75. The van der Waals surface area contributed by atoms with E-state index in [1.54, 1.807) is 0 Å². The number of urea groups is 1. The molecule has 2 unspecified atom stereocenters. The molecular weight excluding hydrogens is 380 g/mol. The van der Waals surface area contributed by atoms with Gasteiger partial charge in [-0.2, -0.15) is 0 Å². The van der Waals surface area contributed by atoms with E-state index in [1.165, 1.54) is 0 Å². The monoisotopic (exact) mass is 404 g/mol. The van der Waals surface area contributed by atoms with Crippen LogP contribution in [0.15, 0.2) is 60.8 Å². The number of para-hydroxylation sites is 1. The second-order valence-corrected chi connectivity index (χ2v) is 7.61. The number of carbonyl (C=O) groups is 3. The Bertz CT molecular complexity index is 1080. The zero-order chi connectivity index (χ0) is 21.1. The lowest BCUT2D eigenvalue weighted by atomic mass is 10.0. The molecule has 1 saturated heterocycles. The van der Waals surface area contributed by atoms with Gasteiger partial charge < -0.3 is 15.6 Å². The fourth-order valence-electron chi connectivity index (χ4n) is 3.75. The lowest BCUT2D eigenvalue weighted by molar-refractivity contribution is -0.132. The van der Waals surface area contributed by atoms with Gasteiger partial charge in [0.25, 0.3) is 5.91 Å². The normalized spacial score (nSPS) is 17.2. The molecule has 30 heavy (non-hydrogen) atoms. The molecule has 7 heteroatoms. The van der Waals surface area contributed by atoms with Gasteiger partial charge in [0.2, 0.25) is 5.91 Å². The van der Waals surface area contributed by atoms with Crippen LogP contribution in [0.4, 0.5) is 4.79 Å². The third-order valence-corrected chi connectivity index (χ3v) is 5.48. The van der Waals surface area contributed by atoms with Crippen molar-refractivity contribution < 1.29 is 14.4 Å². The highest BCUT2D eigenvalue weighted by molar-refractivity contribution is 6.06. The predicted molar refractivity (Wildman–Crippen MR) is 114 cm³/mol. The van der Waals surface area contributed by atoms with Crippen molar-refractivity contribution >= 4 is 28.7 Å². The van der Waals surface area contributed by atoms with E-state index >= 15 is 0 Å². The number of rotatable bonds is 7. The maximum atomic E-state index is 12.7. The number of aromatic amines is 1. The molecule has 0 bridgehead atoms. The summed E-state index contributed by atoms with van der Waals surface area (Å²) in [6.45, 7) is 2.17. The Labute approximate surface area is 174 Å². The van der Waals surface area contributed by atoms with Crippen LogP contribution in [0.2, 0.25) is 0 Å². The number of hydrogen-bond donors (Lipinski definition) is 3. The van der Waals surface area contributed by atoms with E-state index in [9.17, 15) is 14.4 Å². The molecule has 0 aliphatic carbocycles. The standard InChI is InChI=1S/C23H24N4O3/c1-15(16-7-3-2-4-8-16)12-25-21(28)14-27-22(29)20(26-23(27)30)11-17-13-24-19-10-6-5-9-18(17)19/h2-10,13,15,20,24H,11-12,14H2,1H3,(H,25,28)(H,26,30). The highest BCUT2D eigenvalue weighted by Gasteiger charge is 2.39. The van der Waals surface area contributed by atoms with Gasteiger partial charge in [0.1, 0.15) is 12.6 Å². The zero-order valence-corrected chi connectivity index (χ0v) is 16.7. The van der Waals surface area contributed by atoms with Gasteiger partial charge in [-0.3, -0.25) is 14.5 Å². The van der Waals surface area contributed by atoms with Crippen molar-refractivity contribution in [1.29, 1.82) is 0 Å². The fraction of sp³-hybridized carbons (Fsp3) is 0.261. The number of hydrogen-bond acceptors (Lipinski definition) is 3. The van der Waals surface area contributed by atoms with Gasteiger partial charge in [0.15, 0.2) is 0 Å². The average Bonchev–Trinajstić information content (AvgIpc) is 3.29. The molecule has 0 saturated carbocycles. The number of fused-ring (bicyclic) bond motifs is 1. The largest absolute Gasteiger partial charge is 0.361 e. The van der Waals surface area contributed by atoms with E-state index in [2.05, 4.69) is 15.6 Å². The van der Waals surface area contributed by atoms with Crippen molar-refractivity contribution in [3.05, 3.63) is 71.9 Å². The minimum Gasteiger partial charge on any atom is -0.361 e. The number of aromatic nitrogens is 1. The Balaban J connectivity index is 1.34. The Hall–Kier alpha value is -3.61. The number of carbonyl (C=O) groups excluding carboxylic acids is 3. The number of nitrogens with zero attached hydrogens (tertiary/aromatic N) is 1. The van der Waals surface area contributed by atoms with Crippen LogP contribution >= 0.6 is 0 Å². The summed E-state index contributed by atoms with van der Waals surface area (Å²) in [7, 11) is 0. The summed E-state index contributed by atoms with van der Waals surface area (Å²) in [6, 6.07) is 16.5. The third kappa shape index (κ3) is 4.05. The summed E-state index contributed by atoms with van der Waals surface area (Å²) in [5.74, 6) is -0.599. The highest BCUT2D eigenvalue weighted by atomic mass is 16.2. The predicted octanol–water partition coefficient (Wildman–Crippen LogP) is 2.55. The molecule has 4 amide bonds. The Kier molecular flexibility index (Phi) is 5.52.